The molecule has 0 bridgehead atoms. The Bertz CT molecular complexity index is 423. The zero-order valence-corrected chi connectivity index (χ0v) is 12.4. The Labute approximate surface area is 124 Å². The Kier molecular flexibility index (Phi) is 7.53. The maximum Gasteiger partial charge on any atom is 0.314 e. The monoisotopic (exact) mass is 298 g/mol. The van der Waals surface area contributed by atoms with Crippen LogP contribution in [-0.4, -0.2) is 37.0 Å². The van der Waals surface area contributed by atoms with Gasteiger partial charge in [0.25, 0.3) is 0 Å². The number of amides is 2. The second-order valence-electron chi connectivity index (χ2n) is 4.93. The average molecular weight is 298 g/mol. The number of hydrogen-bond acceptors (Lipinski definition) is 3. The number of rotatable bonds is 8. The van der Waals surface area contributed by atoms with Crippen molar-refractivity contribution in [3.8, 4) is 5.75 Å². The molecule has 1 rings (SSSR count). The molecule has 6 heteroatoms. The Balaban J connectivity index is 2.37. The molecule has 0 aliphatic carbocycles. The number of halogens is 1. The van der Waals surface area contributed by atoms with Gasteiger partial charge in [-0.25, -0.2) is 4.79 Å². The molecule has 5 nitrogen and oxygen atoms in total. The lowest BCUT2D eigenvalue weighted by atomic mass is 10.1. The van der Waals surface area contributed by atoms with E-state index in [1.54, 1.807) is 24.3 Å². The molecule has 3 N–H and O–H groups in total. The van der Waals surface area contributed by atoms with Crippen molar-refractivity contribution in [1.82, 2.24) is 10.6 Å². The van der Waals surface area contributed by atoms with E-state index in [1.807, 2.05) is 13.8 Å². The van der Waals surface area contributed by atoms with Gasteiger partial charge < -0.3 is 20.5 Å². The lowest BCUT2D eigenvalue weighted by Crippen LogP contribution is -2.38. The highest BCUT2D eigenvalue weighted by Gasteiger charge is 2.09. The van der Waals surface area contributed by atoms with Gasteiger partial charge in [0.05, 0.1) is 18.9 Å². The van der Waals surface area contributed by atoms with Crippen LogP contribution in [0.25, 0.3) is 0 Å². The molecule has 0 fully saturated rings. The summed E-state index contributed by atoms with van der Waals surface area (Å²) >= 11 is 0. The lowest BCUT2D eigenvalue weighted by molar-refractivity contribution is 0.173. The first-order valence-electron chi connectivity index (χ1n) is 7.05. The summed E-state index contributed by atoms with van der Waals surface area (Å²) in [4.78, 5) is 11.4. The second kappa shape index (κ2) is 9.18. The molecule has 0 spiro atoms. The predicted octanol–water partition coefficient (Wildman–Crippen LogP) is 2.17. The number of urea groups is 1. The molecule has 1 unspecified atom stereocenters. The number of nitrogens with one attached hydrogen (secondary N) is 2. The van der Waals surface area contributed by atoms with Crippen molar-refractivity contribution in [2.45, 2.75) is 32.5 Å². The van der Waals surface area contributed by atoms with Crippen LogP contribution in [0.2, 0.25) is 0 Å². The summed E-state index contributed by atoms with van der Waals surface area (Å²) in [5.41, 5.74) is 0.690. The summed E-state index contributed by atoms with van der Waals surface area (Å²) in [5.74, 6) is 0.734. The first kappa shape index (κ1) is 17.2. The van der Waals surface area contributed by atoms with E-state index in [4.69, 9.17) is 4.74 Å². The topological polar surface area (TPSA) is 70.6 Å². The minimum absolute atomic E-state index is 0.0891. The minimum Gasteiger partial charge on any atom is -0.491 e. The van der Waals surface area contributed by atoms with Crippen LogP contribution in [0.1, 0.15) is 31.9 Å². The second-order valence-corrected chi connectivity index (χ2v) is 4.93. The summed E-state index contributed by atoms with van der Waals surface area (Å²) in [7, 11) is 0. The fourth-order valence-electron chi connectivity index (χ4n) is 1.68. The average Bonchev–Trinajstić information content (AvgIpc) is 2.45. The van der Waals surface area contributed by atoms with E-state index in [2.05, 4.69) is 10.6 Å². The third kappa shape index (κ3) is 6.94. The van der Waals surface area contributed by atoms with Crippen LogP contribution >= 0.6 is 0 Å². The normalized spacial score (nSPS) is 12.0. The van der Waals surface area contributed by atoms with Crippen LogP contribution in [-0.2, 0) is 0 Å². The molecule has 0 saturated heterocycles. The highest BCUT2D eigenvalue weighted by atomic mass is 19.1. The van der Waals surface area contributed by atoms with Crippen molar-refractivity contribution in [2.75, 3.05) is 19.8 Å². The summed E-state index contributed by atoms with van der Waals surface area (Å²) in [6, 6.07) is 6.65. The van der Waals surface area contributed by atoms with E-state index in [1.165, 1.54) is 0 Å². The quantitative estimate of drug-likeness (QED) is 0.644. The summed E-state index contributed by atoms with van der Waals surface area (Å²) < 4.78 is 17.4. The van der Waals surface area contributed by atoms with Crippen LogP contribution in [0.4, 0.5) is 9.18 Å². The zero-order chi connectivity index (χ0) is 15.7. The van der Waals surface area contributed by atoms with Gasteiger partial charge in [0.2, 0.25) is 0 Å². The summed E-state index contributed by atoms with van der Waals surface area (Å²) in [5, 5.41) is 15.0. The third-order valence-electron chi connectivity index (χ3n) is 2.69. The maximum absolute atomic E-state index is 11.9. The minimum atomic E-state index is -0.801. The third-order valence-corrected chi connectivity index (χ3v) is 2.69. The predicted molar refractivity (Wildman–Crippen MR) is 79.2 cm³/mol. The van der Waals surface area contributed by atoms with Crippen molar-refractivity contribution in [1.29, 1.82) is 0 Å². The number of aliphatic hydroxyl groups is 1. The van der Waals surface area contributed by atoms with E-state index in [9.17, 15) is 14.3 Å². The molecule has 0 aromatic heterocycles. The Morgan fingerprint density at radius 3 is 2.52 bits per heavy atom. The molecule has 0 heterocycles. The molecule has 2 amide bonds. The smallest absolute Gasteiger partial charge is 0.314 e. The SMILES string of the molecule is CC(C)Oc1ccc(C(O)CNC(=O)NCCCF)cc1. The van der Waals surface area contributed by atoms with E-state index in [-0.39, 0.29) is 25.6 Å². The van der Waals surface area contributed by atoms with Gasteiger partial charge in [-0.3, -0.25) is 4.39 Å². The fourth-order valence-corrected chi connectivity index (χ4v) is 1.68. The van der Waals surface area contributed by atoms with Crippen LogP contribution in [0, 0.1) is 0 Å². The molecule has 1 atom stereocenters. The number of hydrogen-bond donors (Lipinski definition) is 3. The molecule has 0 aliphatic heterocycles. The van der Waals surface area contributed by atoms with E-state index >= 15 is 0 Å². The number of benzene rings is 1. The van der Waals surface area contributed by atoms with Gasteiger partial charge in [0, 0.05) is 13.1 Å². The van der Waals surface area contributed by atoms with Crippen molar-refractivity contribution in [2.24, 2.45) is 0 Å². The van der Waals surface area contributed by atoms with Crippen molar-refractivity contribution in [3.05, 3.63) is 29.8 Å². The highest BCUT2D eigenvalue weighted by molar-refractivity contribution is 5.73. The number of carbonyl (C=O) groups excluding carboxylic acids is 1. The van der Waals surface area contributed by atoms with Crippen LogP contribution < -0.4 is 15.4 Å². The number of ether oxygens (including phenoxy) is 1. The Hall–Kier alpha value is -1.82. The standard InChI is InChI=1S/C15H23FN2O3/c1-11(2)21-13-6-4-12(5-7-13)14(19)10-18-15(20)17-9-3-8-16/h4-7,11,14,19H,3,8-10H2,1-2H3,(H2,17,18,20). The summed E-state index contributed by atoms with van der Waals surface area (Å²) in [6.45, 7) is 3.78. The van der Waals surface area contributed by atoms with Gasteiger partial charge in [-0.15, -0.1) is 0 Å². The van der Waals surface area contributed by atoms with Crippen LogP contribution in [0.3, 0.4) is 0 Å². The number of aliphatic hydroxyl groups excluding tert-OH is 1. The lowest BCUT2D eigenvalue weighted by Gasteiger charge is -2.14. The molecular weight excluding hydrogens is 275 g/mol. The van der Waals surface area contributed by atoms with E-state index in [0.29, 0.717) is 5.56 Å². The van der Waals surface area contributed by atoms with Crippen molar-refractivity contribution in [3.63, 3.8) is 0 Å². The molecule has 118 valence electrons. The van der Waals surface area contributed by atoms with Crippen molar-refractivity contribution < 1.29 is 19.0 Å². The number of carbonyl (C=O) groups is 1. The largest absolute Gasteiger partial charge is 0.491 e. The highest BCUT2D eigenvalue weighted by Crippen LogP contribution is 2.18. The van der Waals surface area contributed by atoms with E-state index < -0.39 is 18.8 Å². The molecule has 0 saturated carbocycles. The van der Waals surface area contributed by atoms with E-state index in [0.717, 1.165) is 5.75 Å². The van der Waals surface area contributed by atoms with Crippen molar-refractivity contribution >= 4 is 6.03 Å². The Morgan fingerprint density at radius 2 is 1.95 bits per heavy atom. The fraction of sp³-hybridized carbons (Fsp3) is 0.533. The molecule has 21 heavy (non-hydrogen) atoms. The first-order valence-corrected chi connectivity index (χ1v) is 7.05. The van der Waals surface area contributed by atoms with Gasteiger partial charge in [-0.2, -0.15) is 0 Å². The van der Waals surface area contributed by atoms with Crippen LogP contribution in [0.15, 0.2) is 24.3 Å². The molecule has 0 aliphatic rings. The maximum atomic E-state index is 11.9. The molecular formula is C15H23FN2O3. The van der Waals surface area contributed by atoms with Gasteiger partial charge in [-0.05, 0) is 38.0 Å². The Morgan fingerprint density at radius 1 is 1.29 bits per heavy atom. The van der Waals surface area contributed by atoms with Gasteiger partial charge in [0.15, 0.2) is 0 Å². The summed E-state index contributed by atoms with van der Waals surface area (Å²) in [6.07, 6.45) is -0.423. The van der Waals surface area contributed by atoms with Gasteiger partial charge >= 0.3 is 6.03 Å². The van der Waals surface area contributed by atoms with Gasteiger partial charge in [0.1, 0.15) is 5.75 Å². The zero-order valence-electron chi connectivity index (χ0n) is 12.4. The first-order chi connectivity index (χ1) is 10.0. The molecule has 1 aromatic carbocycles. The number of alkyl halides is 1. The molecule has 1 aromatic rings. The van der Waals surface area contributed by atoms with Crippen LogP contribution in [0.5, 0.6) is 5.75 Å². The van der Waals surface area contributed by atoms with Gasteiger partial charge in [-0.1, -0.05) is 12.1 Å². The molecule has 0 radical (unpaired) electrons.